The van der Waals surface area contributed by atoms with Gasteiger partial charge < -0.3 is 9.84 Å². The molecule has 1 rings (SSSR count). The summed E-state index contributed by atoms with van der Waals surface area (Å²) in [4.78, 5) is 2.38. The quantitative estimate of drug-likeness (QED) is 0.776. The summed E-state index contributed by atoms with van der Waals surface area (Å²) in [7, 11) is 1.74. The lowest BCUT2D eigenvalue weighted by molar-refractivity contribution is -0.0105. The Bertz CT molecular complexity index is 208. The van der Waals surface area contributed by atoms with E-state index >= 15 is 0 Å². The summed E-state index contributed by atoms with van der Waals surface area (Å²) in [6.45, 7) is 9.44. The van der Waals surface area contributed by atoms with Crippen molar-refractivity contribution in [2.45, 2.75) is 52.2 Å². The lowest BCUT2D eigenvalue weighted by Crippen LogP contribution is -2.49. The van der Waals surface area contributed by atoms with Gasteiger partial charge >= 0.3 is 0 Å². The smallest absolute Gasteiger partial charge is 0.0695 e. The van der Waals surface area contributed by atoms with Gasteiger partial charge in [-0.15, -0.1) is 0 Å². The van der Waals surface area contributed by atoms with Crippen LogP contribution in [0.5, 0.6) is 0 Å². The Morgan fingerprint density at radius 2 is 2.06 bits per heavy atom. The molecule has 0 aromatic rings. The zero-order valence-corrected chi connectivity index (χ0v) is 11.9. The molecule has 0 radical (unpaired) electrons. The van der Waals surface area contributed by atoms with Gasteiger partial charge in [0, 0.05) is 19.7 Å². The number of ether oxygens (including phenoxy) is 1. The van der Waals surface area contributed by atoms with Gasteiger partial charge in [0.2, 0.25) is 0 Å². The Morgan fingerprint density at radius 1 is 1.35 bits per heavy atom. The molecule has 3 atom stereocenters. The fourth-order valence-electron chi connectivity index (χ4n) is 2.93. The topological polar surface area (TPSA) is 32.7 Å². The number of likely N-dealkylation sites (N-methyl/N-ethyl adjacent to an activating group) is 1. The molecule has 1 aliphatic carbocycles. The second-order valence-corrected chi connectivity index (χ2v) is 5.57. The fourth-order valence-corrected chi connectivity index (χ4v) is 2.93. The summed E-state index contributed by atoms with van der Waals surface area (Å²) in [5.41, 5.74) is 0. The molecular formula is C14H29NO2. The van der Waals surface area contributed by atoms with Crippen LogP contribution >= 0.6 is 0 Å². The van der Waals surface area contributed by atoms with E-state index < -0.39 is 0 Å². The third kappa shape index (κ3) is 4.23. The van der Waals surface area contributed by atoms with Crippen molar-refractivity contribution in [3.05, 3.63) is 0 Å². The van der Waals surface area contributed by atoms with Crippen LogP contribution in [0.25, 0.3) is 0 Å². The third-order valence-electron chi connectivity index (χ3n) is 4.22. The molecule has 3 nitrogen and oxygen atoms in total. The maximum atomic E-state index is 10.2. The number of rotatable bonds is 6. The van der Waals surface area contributed by atoms with Crippen molar-refractivity contribution in [1.82, 2.24) is 4.90 Å². The maximum Gasteiger partial charge on any atom is 0.0695 e. The Kier molecular flexibility index (Phi) is 6.45. The lowest BCUT2D eigenvalue weighted by Gasteiger charge is -2.41. The molecule has 0 saturated heterocycles. The van der Waals surface area contributed by atoms with Crippen molar-refractivity contribution in [3.8, 4) is 0 Å². The number of nitrogens with zero attached hydrogens (tertiary/aromatic N) is 1. The number of aliphatic hydroxyl groups is 1. The first-order valence-corrected chi connectivity index (χ1v) is 7.01. The predicted molar refractivity (Wildman–Crippen MR) is 71.1 cm³/mol. The zero-order valence-electron chi connectivity index (χ0n) is 11.9. The standard InChI is InChI=1S/C14H29NO2/c1-5-15(8-9-17-4)13-10-12(11(2)3)6-7-14(13)16/h11-14,16H,5-10H2,1-4H3. The molecule has 0 amide bonds. The van der Waals surface area contributed by atoms with Gasteiger partial charge in [-0.3, -0.25) is 4.90 Å². The number of methoxy groups -OCH3 is 1. The molecule has 0 aromatic heterocycles. The van der Waals surface area contributed by atoms with E-state index in [2.05, 4.69) is 25.7 Å². The zero-order chi connectivity index (χ0) is 12.8. The highest BCUT2D eigenvalue weighted by molar-refractivity contribution is 4.87. The summed E-state index contributed by atoms with van der Waals surface area (Å²) in [6.07, 6.45) is 3.12. The van der Waals surface area contributed by atoms with E-state index in [9.17, 15) is 5.11 Å². The molecule has 1 fully saturated rings. The monoisotopic (exact) mass is 243 g/mol. The van der Waals surface area contributed by atoms with Crippen molar-refractivity contribution in [3.63, 3.8) is 0 Å². The van der Waals surface area contributed by atoms with Crippen molar-refractivity contribution in [2.24, 2.45) is 11.8 Å². The Labute approximate surface area is 106 Å². The molecule has 1 saturated carbocycles. The van der Waals surface area contributed by atoms with Gasteiger partial charge in [0.25, 0.3) is 0 Å². The minimum Gasteiger partial charge on any atom is -0.391 e. The van der Waals surface area contributed by atoms with Gasteiger partial charge in [0.05, 0.1) is 12.7 Å². The largest absolute Gasteiger partial charge is 0.391 e. The highest BCUT2D eigenvalue weighted by atomic mass is 16.5. The van der Waals surface area contributed by atoms with Gasteiger partial charge in [-0.05, 0) is 37.6 Å². The molecule has 17 heavy (non-hydrogen) atoms. The fraction of sp³-hybridized carbons (Fsp3) is 1.00. The molecule has 1 aliphatic rings. The first-order valence-electron chi connectivity index (χ1n) is 7.01. The summed E-state index contributed by atoms with van der Waals surface area (Å²) < 4.78 is 5.15. The molecule has 0 aromatic carbocycles. The van der Waals surface area contributed by atoms with E-state index in [1.54, 1.807) is 7.11 Å². The summed E-state index contributed by atoms with van der Waals surface area (Å²) in [5.74, 6) is 1.49. The van der Waals surface area contributed by atoms with Crippen LogP contribution in [0.2, 0.25) is 0 Å². The third-order valence-corrected chi connectivity index (χ3v) is 4.22. The van der Waals surface area contributed by atoms with E-state index in [0.29, 0.717) is 6.04 Å². The minimum absolute atomic E-state index is 0.151. The number of hydrogen-bond donors (Lipinski definition) is 1. The van der Waals surface area contributed by atoms with Crippen LogP contribution in [-0.2, 0) is 4.74 Å². The van der Waals surface area contributed by atoms with E-state index in [0.717, 1.165) is 44.4 Å². The van der Waals surface area contributed by atoms with Crippen LogP contribution in [0.3, 0.4) is 0 Å². The highest BCUT2D eigenvalue weighted by Crippen LogP contribution is 2.32. The van der Waals surface area contributed by atoms with Crippen molar-refractivity contribution in [2.75, 3.05) is 26.8 Å². The highest BCUT2D eigenvalue weighted by Gasteiger charge is 2.33. The summed E-state index contributed by atoms with van der Waals surface area (Å²) in [6, 6.07) is 0.330. The van der Waals surface area contributed by atoms with Crippen molar-refractivity contribution < 1.29 is 9.84 Å². The molecule has 3 heteroatoms. The Morgan fingerprint density at radius 3 is 2.59 bits per heavy atom. The molecule has 1 N–H and O–H groups in total. The van der Waals surface area contributed by atoms with Crippen LogP contribution in [-0.4, -0.2) is 49.0 Å². The van der Waals surface area contributed by atoms with E-state index in [4.69, 9.17) is 4.74 Å². The molecular weight excluding hydrogens is 214 g/mol. The van der Waals surface area contributed by atoms with Crippen LogP contribution in [0.4, 0.5) is 0 Å². The molecule has 0 spiro atoms. The first-order chi connectivity index (χ1) is 8.10. The van der Waals surface area contributed by atoms with E-state index in [-0.39, 0.29) is 6.10 Å². The number of aliphatic hydroxyl groups excluding tert-OH is 1. The minimum atomic E-state index is -0.151. The Balaban J connectivity index is 2.57. The summed E-state index contributed by atoms with van der Waals surface area (Å²) >= 11 is 0. The first kappa shape index (κ1) is 14.9. The molecule has 0 heterocycles. The normalized spacial score (nSPS) is 30.2. The second kappa shape index (κ2) is 7.34. The second-order valence-electron chi connectivity index (χ2n) is 5.57. The van der Waals surface area contributed by atoms with Crippen LogP contribution in [0.15, 0.2) is 0 Å². The molecule has 0 aliphatic heterocycles. The average molecular weight is 243 g/mol. The molecule has 3 unspecified atom stereocenters. The lowest BCUT2D eigenvalue weighted by atomic mass is 9.77. The van der Waals surface area contributed by atoms with Crippen molar-refractivity contribution >= 4 is 0 Å². The average Bonchev–Trinajstić information content (AvgIpc) is 2.31. The predicted octanol–water partition coefficient (Wildman–Crippen LogP) is 2.14. The van der Waals surface area contributed by atoms with Gasteiger partial charge in [-0.25, -0.2) is 0 Å². The van der Waals surface area contributed by atoms with Crippen LogP contribution in [0, 0.1) is 11.8 Å². The SMILES string of the molecule is CCN(CCOC)C1CC(C(C)C)CCC1O. The van der Waals surface area contributed by atoms with Crippen molar-refractivity contribution in [1.29, 1.82) is 0 Å². The maximum absolute atomic E-state index is 10.2. The van der Waals surface area contributed by atoms with Crippen LogP contribution < -0.4 is 0 Å². The summed E-state index contributed by atoms with van der Waals surface area (Å²) in [5, 5.41) is 10.2. The van der Waals surface area contributed by atoms with Gasteiger partial charge in [0.15, 0.2) is 0 Å². The number of hydrogen-bond acceptors (Lipinski definition) is 3. The Hall–Kier alpha value is -0.120. The van der Waals surface area contributed by atoms with Gasteiger partial charge in [-0.1, -0.05) is 20.8 Å². The molecule has 102 valence electrons. The van der Waals surface area contributed by atoms with E-state index in [1.165, 1.54) is 6.42 Å². The van der Waals surface area contributed by atoms with Crippen LogP contribution in [0.1, 0.15) is 40.0 Å². The van der Waals surface area contributed by atoms with Gasteiger partial charge in [0.1, 0.15) is 0 Å². The molecule has 0 bridgehead atoms. The van der Waals surface area contributed by atoms with Gasteiger partial charge in [-0.2, -0.15) is 0 Å². The van der Waals surface area contributed by atoms with E-state index in [1.807, 2.05) is 0 Å².